The Kier molecular flexibility index (Phi) is 10.3. The van der Waals surface area contributed by atoms with Crippen LogP contribution in [-0.4, -0.2) is 70.8 Å². The molecule has 1 aliphatic rings. The van der Waals surface area contributed by atoms with Crippen LogP contribution < -0.4 is 21.1 Å². The lowest BCUT2D eigenvalue weighted by atomic mass is 9.97. The molecule has 2 aromatic carbocycles. The van der Waals surface area contributed by atoms with Gasteiger partial charge in [0.1, 0.15) is 11.8 Å². The summed E-state index contributed by atoms with van der Waals surface area (Å²) >= 11 is 0. The summed E-state index contributed by atoms with van der Waals surface area (Å²) in [6.45, 7) is 5.13. The second kappa shape index (κ2) is 14.1. The van der Waals surface area contributed by atoms with Gasteiger partial charge in [-0.1, -0.05) is 42.5 Å². The van der Waals surface area contributed by atoms with Gasteiger partial charge in [0.15, 0.2) is 0 Å². The molecule has 224 valence electrons. The van der Waals surface area contributed by atoms with Crippen molar-refractivity contribution in [2.45, 2.75) is 57.3 Å². The van der Waals surface area contributed by atoms with E-state index in [9.17, 15) is 14.4 Å². The van der Waals surface area contributed by atoms with E-state index in [4.69, 9.17) is 15.2 Å². The van der Waals surface area contributed by atoms with Crippen molar-refractivity contribution in [1.82, 2.24) is 20.0 Å². The Bertz CT molecular complexity index is 1330. The van der Waals surface area contributed by atoms with Crippen LogP contribution in [-0.2, 0) is 32.3 Å². The minimum Gasteiger partial charge on any atom is -0.497 e. The van der Waals surface area contributed by atoms with Crippen LogP contribution >= 0.6 is 0 Å². The third kappa shape index (κ3) is 8.40. The van der Waals surface area contributed by atoms with Gasteiger partial charge in [0.2, 0.25) is 17.7 Å². The third-order valence-electron chi connectivity index (χ3n) is 7.11. The summed E-state index contributed by atoms with van der Waals surface area (Å²) in [4.78, 5) is 41.2. The number of methoxy groups -OCH3 is 1. The molecule has 0 spiro atoms. The number of carbonyl (C=O) groups is 3. The Morgan fingerprint density at radius 2 is 1.74 bits per heavy atom. The third-order valence-corrected chi connectivity index (χ3v) is 7.11. The fraction of sp³-hybridized carbons (Fsp3) is 0.419. The van der Waals surface area contributed by atoms with E-state index in [2.05, 4.69) is 15.7 Å². The van der Waals surface area contributed by atoms with Gasteiger partial charge in [-0.05, 0) is 49.9 Å². The smallest absolute Gasteiger partial charge is 0.249 e. The van der Waals surface area contributed by atoms with E-state index in [-0.39, 0.29) is 19.1 Å². The molecule has 3 amide bonds. The fourth-order valence-corrected chi connectivity index (χ4v) is 4.66. The van der Waals surface area contributed by atoms with Crippen LogP contribution in [0, 0.1) is 0 Å². The minimum absolute atomic E-state index is 0.0430. The SMILES string of the molecule is COc1ccc(C(Cn2cc(NC(=O)[C@@H](COCc3ccccc3)NC(=O)C(C)(C)N)cn2)C(=O)N2CCCC2)cc1. The highest BCUT2D eigenvalue weighted by Crippen LogP contribution is 2.25. The largest absolute Gasteiger partial charge is 0.497 e. The maximum Gasteiger partial charge on any atom is 0.249 e. The molecule has 1 aromatic heterocycles. The van der Waals surface area contributed by atoms with E-state index >= 15 is 0 Å². The van der Waals surface area contributed by atoms with E-state index in [1.165, 1.54) is 6.20 Å². The Balaban J connectivity index is 1.45. The normalized spacial score (nSPS) is 14.7. The molecular formula is C31H40N6O5. The molecule has 11 nitrogen and oxygen atoms in total. The molecule has 42 heavy (non-hydrogen) atoms. The topological polar surface area (TPSA) is 141 Å². The summed E-state index contributed by atoms with van der Waals surface area (Å²) in [5, 5.41) is 9.91. The van der Waals surface area contributed by atoms with Gasteiger partial charge >= 0.3 is 0 Å². The first kappa shape index (κ1) is 30.7. The summed E-state index contributed by atoms with van der Waals surface area (Å²) in [6, 6.07) is 16.0. The second-order valence-electron chi connectivity index (χ2n) is 11.0. The van der Waals surface area contributed by atoms with Crippen LogP contribution in [0.4, 0.5) is 5.69 Å². The Morgan fingerprint density at radius 3 is 2.38 bits per heavy atom. The average Bonchev–Trinajstić information content (AvgIpc) is 3.68. The minimum atomic E-state index is -1.18. The van der Waals surface area contributed by atoms with Gasteiger partial charge in [-0.2, -0.15) is 5.10 Å². The van der Waals surface area contributed by atoms with Gasteiger partial charge in [-0.3, -0.25) is 19.1 Å². The maximum atomic E-state index is 13.5. The highest BCUT2D eigenvalue weighted by molar-refractivity contribution is 5.98. The van der Waals surface area contributed by atoms with Crippen molar-refractivity contribution in [3.8, 4) is 5.75 Å². The first-order valence-electron chi connectivity index (χ1n) is 14.1. The van der Waals surface area contributed by atoms with Crippen LogP contribution in [0.25, 0.3) is 0 Å². The number of nitrogens with one attached hydrogen (secondary N) is 2. The molecule has 1 unspecified atom stereocenters. The number of nitrogens with zero attached hydrogens (tertiary/aromatic N) is 3. The lowest BCUT2D eigenvalue weighted by Gasteiger charge is -2.24. The molecule has 4 N–H and O–H groups in total. The van der Waals surface area contributed by atoms with Crippen molar-refractivity contribution in [2.75, 3.05) is 32.1 Å². The zero-order chi connectivity index (χ0) is 30.1. The second-order valence-corrected chi connectivity index (χ2v) is 11.0. The lowest BCUT2D eigenvalue weighted by molar-refractivity contribution is -0.132. The highest BCUT2D eigenvalue weighted by Gasteiger charge is 2.30. The maximum absolute atomic E-state index is 13.5. The van der Waals surface area contributed by atoms with Gasteiger partial charge in [0.05, 0.1) is 50.2 Å². The Hall–Kier alpha value is -4.22. The van der Waals surface area contributed by atoms with Crippen LogP contribution in [0.2, 0.25) is 0 Å². The first-order valence-corrected chi connectivity index (χ1v) is 14.1. The molecule has 1 saturated heterocycles. The number of aromatic nitrogens is 2. The Labute approximate surface area is 246 Å². The summed E-state index contributed by atoms with van der Waals surface area (Å²) in [6.07, 6.45) is 5.17. The van der Waals surface area contributed by atoms with Crippen molar-refractivity contribution in [2.24, 2.45) is 5.73 Å². The zero-order valence-corrected chi connectivity index (χ0v) is 24.4. The fourth-order valence-electron chi connectivity index (χ4n) is 4.66. The standard InChI is InChI=1S/C31H40N6O5/c1-31(2,32)30(40)35-27(21-42-20-22-9-5-4-6-10-22)28(38)34-24-17-33-37(18-24)19-26(29(39)36-15-7-8-16-36)23-11-13-25(41-3)14-12-23/h4-6,9-14,17-18,26-27H,7-8,15-16,19-21,32H2,1-3H3,(H,34,38)(H,35,40)/t26?,27-/m1/s1. The number of amides is 3. The summed E-state index contributed by atoms with van der Waals surface area (Å²) in [5.74, 6) is -0.656. The van der Waals surface area contributed by atoms with Crippen LogP contribution in [0.3, 0.4) is 0 Å². The highest BCUT2D eigenvalue weighted by atomic mass is 16.5. The van der Waals surface area contributed by atoms with Crippen molar-refractivity contribution >= 4 is 23.4 Å². The van der Waals surface area contributed by atoms with Gasteiger partial charge in [-0.25, -0.2) is 0 Å². The van der Waals surface area contributed by atoms with Crippen molar-refractivity contribution in [1.29, 1.82) is 0 Å². The van der Waals surface area contributed by atoms with Crippen molar-refractivity contribution in [3.63, 3.8) is 0 Å². The molecule has 11 heteroatoms. The van der Waals surface area contributed by atoms with E-state index in [1.807, 2.05) is 59.5 Å². The first-order chi connectivity index (χ1) is 20.1. The molecule has 0 saturated carbocycles. The van der Waals surface area contributed by atoms with Crippen molar-refractivity contribution in [3.05, 3.63) is 78.1 Å². The quantitative estimate of drug-likeness (QED) is 0.284. The molecular weight excluding hydrogens is 536 g/mol. The number of benzene rings is 2. The van der Waals surface area contributed by atoms with Crippen molar-refractivity contribution < 1.29 is 23.9 Å². The van der Waals surface area contributed by atoms with Crippen LogP contribution in [0.5, 0.6) is 5.75 Å². The van der Waals surface area contributed by atoms with E-state index < -0.39 is 29.3 Å². The number of carbonyl (C=O) groups excluding carboxylic acids is 3. The van der Waals surface area contributed by atoms with E-state index in [0.29, 0.717) is 18.0 Å². The molecule has 1 fully saturated rings. The number of nitrogens with two attached hydrogens (primary N) is 1. The number of hydrogen-bond acceptors (Lipinski definition) is 7. The predicted molar refractivity (Wildman–Crippen MR) is 159 cm³/mol. The molecule has 0 radical (unpaired) electrons. The number of rotatable bonds is 13. The predicted octanol–water partition coefficient (Wildman–Crippen LogP) is 2.68. The molecule has 3 aromatic rings. The Morgan fingerprint density at radius 1 is 1.05 bits per heavy atom. The van der Waals surface area contributed by atoms with E-state index in [0.717, 1.165) is 37.1 Å². The molecule has 1 aliphatic heterocycles. The van der Waals surface area contributed by atoms with Crippen LogP contribution in [0.15, 0.2) is 67.0 Å². The molecule has 4 rings (SSSR count). The number of hydrogen-bond donors (Lipinski definition) is 3. The zero-order valence-electron chi connectivity index (χ0n) is 24.4. The summed E-state index contributed by atoms with van der Waals surface area (Å²) in [7, 11) is 1.60. The average molecular weight is 577 g/mol. The molecule has 2 atom stereocenters. The van der Waals surface area contributed by atoms with Crippen LogP contribution in [0.1, 0.15) is 43.7 Å². The lowest BCUT2D eigenvalue weighted by Crippen LogP contribution is -2.56. The molecule has 2 heterocycles. The number of likely N-dealkylation sites (tertiary alicyclic amines) is 1. The van der Waals surface area contributed by atoms with Gasteiger partial charge in [0.25, 0.3) is 0 Å². The van der Waals surface area contributed by atoms with Gasteiger partial charge in [0, 0.05) is 19.3 Å². The number of anilines is 1. The van der Waals surface area contributed by atoms with Gasteiger partial charge < -0.3 is 30.7 Å². The summed E-state index contributed by atoms with van der Waals surface area (Å²) < 4.78 is 12.7. The monoisotopic (exact) mass is 576 g/mol. The molecule has 0 aliphatic carbocycles. The number of ether oxygens (including phenoxy) is 2. The van der Waals surface area contributed by atoms with E-state index in [1.54, 1.807) is 31.8 Å². The molecule has 0 bridgehead atoms. The summed E-state index contributed by atoms with van der Waals surface area (Å²) in [5.41, 5.74) is 7.00. The van der Waals surface area contributed by atoms with Gasteiger partial charge in [-0.15, -0.1) is 0 Å².